The first-order valence-corrected chi connectivity index (χ1v) is 8.95. The number of nitrogens with one attached hydrogen (secondary N) is 1. The normalized spacial score (nSPS) is 23.8. The Labute approximate surface area is 145 Å². The van der Waals surface area contributed by atoms with Crippen LogP contribution in [-0.4, -0.2) is 46.4 Å². The molecule has 0 saturated carbocycles. The Bertz CT molecular complexity index is 805. The van der Waals surface area contributed by atoms with E-state index in [0.717, 1.165) is 6.42 Å². The summed E-state index contributed by atoms with van der Waals surface area (Å²) in [5, 5.41) is 0. The van der Waals surface area contributed by atoms with Crippen LogP contribution in [0.4, 0.5) is 5.95 Å². The molecule has 11 heteroatoms. The van der Waals surface area contributed by atoms with Crippen molar-refractivity contribution < 1.29 is 18.3 Å². The molecular weight excluding hydrogens is 349 g/mol. The summed E-state index contributed by atoms with van der Waals surface area (Å²) >= 11 is 0. The molecule has 3 rings (SSSR count). The summed E-state index contributed by atoms with van der Waals surface area (Å²) in [5.41, 5.74) is 6.00. The SMILES string of the molecule is COP(OC)OC[C@@H]1C[C@H](C)[C@H](n2c(C)nc3c(=O)[nH]c(N)nc32)O1. The highest BCUT2D eigenvalue weighted by Crippen LogP contribution is 2.41. The van der Waals surface area contributed by atoms with E-state index in [-0.39, 0.29) is 35.3 Å². The van der Waals surface area contributed by atoms with Gasteiger partial charge in [-0.3, -0.25) is 14.3 Å². The molecule has 3 heterocycles. The van der Waals surface area contributed by atoms with E-state index >= 15 is 0 Å². The maximum Gasteiger partial charge on any atom is 0.332 e. The summed E-state index contributed by atoms with van der Waals surface area (Å²) in [4.78, 5) is 23.0. The third-order valence-electron chi connectivity index (χ3n) is 4.12. The van der Waals surface area contributed by atoms with Gasteiger partial charge in [0.2, 0.25) is 5.95 Å². The van der Waals surface area contributed by atoms with Crippen LogP contribution in [0, 0.1) is 12.8 Å². The van der Waals surface area contributed by atoms with Crippen molar-refractivity contribution in [2.45, 2.75) is 32.6 Å². The fourth-order valence-corrected chi connectivity index (χ4v) is 3.73. The van der Waals surface area contributed by atoms with Gasteiger partial charge in [0, 0.05) is 20.1 Å². The van der Waals surface area contributed by atoms with Crippen LogP contribution >= 0.6 is 8.60 Å². The maximum absolute atomic E-state index is 12.0. The third-order valence-corrected chi connectivity index (χ3v) is 5.07. The molecule has 0 amide bonds. The second-order valence-electron chi connectivity index (χ2n) is 5.90. The molecule has 2 aromatic heterocycles. The number of hydrogen-bond donors (Lipinski definition) is 2. The van der Waals surface area contributed by atoms with Gasteiger partial charge in [0.15, 0.2) is 11.2 Å². The monoisotopic (exact) mass is 371 g/mol. The van der Waals surface area contributed by atoms with E-state index in [0.29, 0.717) is 18.1 Å². The lowest BCUT2D eigenvalue weighted by Crippen LogP contribution is -2.19. The van der Waals surface area contributed by atoms with E-state index in [4.69, 9.17) is 24.0 Å². The number of aryl methyl sites for hydroxylation is 1. The number of rotatable bonds is 6. The van der Waals surface area contributed by atoms with Gasteiger partial charge in [0.1, 0.15) is 12.1 Å². The number of aromatic amines is 1. The first-order valence-electron chi connectivity index (χ1n) is 7.85. The number of fused-ring (bicyclic) bond motifs is 1. The Balaban J connectivity index is 1.84. The second kappa shape index (κ2) is 7.35. The van der Waals surface area contributed by atoms with E-state index in [1.54, 1.807) is 0 Å². The largest absolute Gasteiger partial charge is 0.369 e. The van der Waals surface area contributed by atoms with Crippen molar-refractivity contribution in [3.05, 3.63) is 16.2 Å². The highest BCUT2D eigenvalue weighted by Gasteiger charge is 2.36. The highest BCUT2D eigenvalue weighted by molar-refractivity contribution is 7.41. The Morgan fingerprint density at radius 1 is 1.40 bits per heavy atom. The summed E-state index contributed by atoms with van der Waals surface area (Å²) in [6.45, 7) is 4.24. The molecule has 25 heavy (non-hydrogen) atoms. The Morgan fingerprint density at radius 3 is 2.80 bits per heavy atom. The molecule has 138 valence electrons. The average molecular weight is 371 g/mol. The number of nitrogen functional groups attached to an aromatic ring is 1. The zero-order chi connectivity index (χ0) is 18.1. The Kier molecular flexibility index (Phi) is 5.35. The lowest BCUT2D eigenvalue weighted by atomic mass is 10.1. The van der Waals surface area contributed by atoms with Crippen LogP contribution in [0.15, 0.2) is 4.79 Å². The average Bonchev–Trinajstić information content (AvgIpc) is 3.08. The molecule has 0 spiro atoms. The molecule has 3 N–H and O–H groups in total. The summed E-state index contributed by atoms with van der Waals surface area (Å²) in [6.07, 6.45) is 0.370. The zero-order valence-electron chi connectivity index (χ0n) is 14.6. The smallest absolute Gasteiger partial charge is 0.332 e. The van der Waals surface area contributed by atoms with Crippen LogP contribution in [0.3, 0.4) is 0 Å². The molecule has 1 aliphatic rings. The van der Waals surface area contributed by atoms with Gasteiger partial charge in [-0.2, -0.15) is 4.98 Å². The third kappa shape index (κ3) is 3.54. The molecule has 0 bridgehead atoms. The van der Waals surface area contributed by atoms with Crippen molar-refractivity contribution in [3.63, 3.8) is 0 Å². The lowest BCUT2D eigenvalue weighted by molar-refractivity contribution is -0.0284. The van der Waals surface area contributed by atoms with Gasteiger partial charge in [-0.15, -0.1) is 0 Å². The molecule has 0 aromatic carbocycles. The number of aromatic nitrogens is 4. The van der Waals surface area contributed by atoms with Crippen molar-refractivity contribution in [3.8, 4) is 0 Å². The quantitative estimate of drug-likeness (QED) is 0.731. The summed E-state index contributed by atoms with van der Waals surface area (Å²) < 4.78 is 23.7. The van der Waals surface area contributed by atoms with Crippen molar-refractivity contribution in [2.75, 3.05) is 26.6 Å². The van der Waals surface area contributed by atoms with Crippen molar-refractivity contribution in [1.82, 2.24) is 19.5 Å². The van der Waals surface area contributed by atoms with Crippen molar-refractivity contribution >= 4 is 25.7 Å². The molecule has 0 unspecified atom stereocenters. The van der Waals surface area contributed by atoms with E-state index in [2.05, 4.69) is 21.9 Å². The van der Waals surface area contributed by atoms with E-state index in [1.807, 2.05) is 11.5 Å². The molecule has 0 radical (unpaired) electrons. The first kappa shape index (κ1) is 18.2. The molecule has 2 aromatic rings. The van der Waals surface area contributed by atoms with E-state index in [1.165, 1.54) is 14.2 Å². The highest BCUT2D eigenvalue weighted by atomic mass is 31.2. The Morgan fingerprint density at radius 2 is 2.12 bits per heavy atom. The molecule has 10 nitrogen and oxygen atoms in total. The van der Waals surface area contributed by atoms with Crippen LogP contribution in [-0.2, 0) is 18.3 Å². The van der Waals surface area contributed by atoms with Gasteiger partial charge in [-0.05, 0) is 13.3 Å². The van der Waals surface area contributed by atoms with E-state index < -0.39 is 8.60 Å². The predicted molar refractivity (Wildman–Crippen MR) is 91.9 cm³/mol. The number of imidazole rings is 1. The minimum absolute atomic E-state index is 0.0509. The predicted octanol–water partition coefficient (Wildman–Crippen LogP) is 1.47. The number of hydrogen-bond acceptors (Lipinski definition) is 8. The van der Waals surface area contributed by atoms with Gasteiger partial charge < -0.3 is 24.0 Å². The zero-order valence-corrected chi connectivity index (χ0v) is 15.4. The summed E-state index contributed by atoms with van der Waals surface area (Å²) in [7, 11) is 1.70. The maximum atomic E-state index is 12.0. The Hall–Kier alpha value is -1.58. The van der Waals surface area contributed by atoms with Crippen LogP contribution in [0.25, 0.3) is 11.2 Å². The fourth-order valence-electron chi connectivity index (χ4n) is 3.08. The number of nitrogens with zero attached hydrogens (tertiary/aromatic N) is 3. The molecule has 1 fully saturated rings. The lowest BCUT2D eigenvalue weighted by Gasteiger charge is -2.20. The van der Waals surface area contributed by atoms with Gasteiger partial charge in [0.05, 0.1) is 12.7 Å². The second-order valence-corrected chi connectivity index (χ2v) is 7.33. The van der Waals surface area contributed by atoms with Gasteiger partial charge >= 0.3 is 8.60 Å². The van der Waals surface area contributed by atoms with E-state index in [9.17, 15) is 4.79 Å². The van der Waals surface area contributed by atoms with Crippen LogP contribution in [0.1, 0.15) is 25.4 Å². The number of nitrogens with two attached hydrogens (primary N) is 1. The summed E-state index contributed by atoms with van der Waals surface area (Å²) in [6, 6.07) is 0. The standard InChI is InChI=1S/C14H22N5O5P/c1-7-5-9(6-23-25(21-3)22-4)24-13(7)19-8(2)16-10-11(19)17-14(15)18-12(10)20/h7,9,13H,5-6H2,1-4H3,(H3,15,17,18,20)/t7-,9-,13+/m0/s1. The van der Waals surface area contributed by atoms with Crippen molar-refractivity contribution in [1.29, 1.82) is 0 Å². The summed E-state index contributed by atoms with van der Waals surface area (Å²) in [5.74, 6) is 0.881. The fraction of sp³-hybridized carbons (Fsp3) is 0.643. The molecule has 1 aliphatic heterocycles. The van der Waals surface area contributed by atoms with Crippen molar-refractivity contribution in [2.24, 2.45) is 5.92 Å². The van der Waals surface area contributed by atoms with Gasteiger partial charge in [0.25, 0.3) is 5.56 Å². The molecule has 0 aliphatic carbocycles. The minimum Gasteiger partial charge on any atom is -0.369 e. The van der Waals surface area contributed by atoms with Crippen LogP contribution < -0.4 is 11.3 Å². The van der Waals surface area contributed by atoms with Gasteiger partial charge in [-0.25, -0.2) is 4.98 Å². The minimum atomic E-state index is -1.36. The number of ether oxygens (including phenoxy) is 1. The van der Waals surface area contributed by atoms with Crippen LogP contribution in [0.5, 0.6) is 0 Å². The first-order chi connectivity index (χ1) is 11.9. The van der Waals surface area contributed by atoms with Gasteiger partial charge in [-0.1, -0.05) is 6.92 Å². The molecular formula is C14H22N5O5P. The number of H-pyrrole nitrogens is 1. The van der Waals surface area contributed by atoms with Crippen LogP contribution in [0.2, 0.25) is 0 Å². The topological polar surface area (TPSA) is 127 Å². The number of anilines is 1. The molecule has 3 atom stereocenters. The molecule has 1 saturated heterocycles.